The summed E-state index contributed by atoms with van der Waals surface area (Å²) in [4.78, 5) is 23.0. The molecule has 2 heterocycles. The van der Waals surface area contributed by atoms with Crippen LogP contribution in [0.3, 0.4) is 0 Å². The minimum absolute atomic E-state index is 0.0144. The molecule has 0 spiro atoms. The van der Waals surface area contributed by atoms with Crippen molar-refractivity contribution in [1.82, 2.24) is 14.9 Å². The summed E-state index contributed by atoms with van der Waals surface area (Å²) in [7, 11) is -1.80. The number of carbonyl (C=O) groups excluding carboxylic acids is 1. The van der Waals surface area contributed by atoms with Gasteiger partial charge in [0.1, 0.15) is 6.10 Å². The number of amides is 1. The van der Waals surface area contributed by atoms with Crippen LogP contribution in [-0.4, -0.2) is 60.7 Å². The van der Waals surface area contributed by atoms with Crippen molar-refractivity contribution in [2.45, 2.75) is 49.4 Å². The number of piperidine rings is 1. The van der Waals surface area contributed by atoms with Crippen molar-refractivity contribution in [2.24, 2.45) is 0 Å². The van der Waals surface area contributed by atoms with Crippen molar-refractivity contribution >= 4 is 15.7 Å². The first-order valence-electron chi connectivity index (χ1n) is 9.93. The van der Waals surface area contributed by atoms with Crippen molar-refractivity contribution < 1.29 is 22.7 Å². The van der Waals surface area contributed by atoms with Gasteiger partial charge in [-0.3, -0.25) is 9.78 Å². The van der Waals surface area contributed by atoms with Gasteiger partial charge >= 0.3 is 0 Å². The van der Waals surface area contributed by atoms with Crippen molar-refractivity contribution in [3.8, 4) is 11.8 Å². The molecule has 1 atom stereocenters. The van der Waals surface area contributed by atoms with E-state index in [0.717, 1.165) is 18.4 Å². The van der Waals surface area contributed by atoms with Crippen LogP contribution in [0.15, 0.2) is 41.6 Å². The largest absolute Gasteiger partial charge is 0.480 e. The number of sulfone groups is 1. The summed E-state index contributed by atoms with van der Waals surface area (Å²) in [6.45, 7) is 4.44. The molecule has 1 unspecified atom stereocenters. The van der Waals surface area contributed by atoms with E-state index < -0.39 is 15.1 Å². The van der Waals surface area contributed by atoms with E-state index in [4.69, 9.17) is 9.47 Å². The normalized spacial score (nSPS) is 17.1. The van der Waals surface area contributed by atoms with Crippen molar-refractivity contribution in [1.29, 1.82) is 0 Å². The first-order chi connectivity index (χ1) is 14.3. The molecule has 3 rings (SSSR count). The van der Waals surface area contributed by atoms with Crippen LogP contribution >= 0.6 is 0 Å². The quantitative estimate of drug-likeness (QED) is 0.660. The van der Waals surface area contributed by atoms with Crippen LogP contribution in [0.5, 0.6) is 11.8 Å². The second kappa shape index (κ2) is 9.42. The number of methoxy groups -OCH3 is 1. The molecule has 8 nitrogen and oxygen atoms in total. The van der Waals surface area contributed by atoms with Crippen LogP contribution in [0.4, 0.5) is 0 Å². The Hall–Kier alpha value is -2.68. The summed E-state index contributed by atoms with van der Waals surface area (Å²) >= 11 is 0. The Kier molecular flexibility index (Phi) is 6.91. The summed E-state index contributed by atoms with van der Waals surface area (Å²) in [5.74, 6) is 0.731. The SMILES string of the molecule is COc1cncc(OC2CCCN(C(=O)Cc3ccc(S(=O)(=O)C(C)C)cc3)C2)n1. The van der Waals surface area contributed by atoms with E-state index in [1.54, 1.807) is 43.0 Å². The lowest BCUT2D eigenvalue weighted by atomic mass is 10.1. The number of hydrogen-bond donors (Lipinski definition) is 0. The first-order valence-corrected chi connectivity index (χ1v) is 11.5. The third-order valence-electron chi connectivity index (χ3n) is 5.05. The summed E-state index contributed by atoms with van der Waals surface area (Å²) in [6, 6.07) is 6.55. The Bertz CT molecular complexity index is 976. The fraction of sp³-hybridized carbons (Fsp3) is 0.476. The fourth-order valence-corrected chi connectivity index (χ4v) is 4.33. The molecule has 162 valence electrons. The maximum atomic E-state index is 12.8. The zero-order valence-electron chi connectivity index (χ0n) is 17.4. The molecule has 1 aliphatic rings. The average molecular weight is 434 g/mol. The number of benzene rings is 1. The summed E-state index contributed by atoms with van der Waals surface area (Å²) in [6.07, 6.45) is 4.73. The second-order valence-electron chi connectivity index (χ2n) is 7.54. The maximum Gasteiger partial charge on any atom is 0.235 e. The number of ether oxygens (including phenoxy) is 2. The van der Waals surface area contributed by atoms with Gasteiger partial charge in [-0.15, -0.1) is 0 Å². The maximum absolute atomic E-state index is 12.8. The molecule has 0 aliphatic carbocycles. The average Bonchev–Trinajstić information content (AvgIpc) is 2.74. The van der Waals surface area contributed by atoms with Gasteiger partial charge < -0.3 is 14.4 Å². The van der Waals surface area contributed by atoms with Crippen molar-refractivity contribution in [3.63, 3.8) is 0 Å². The summed E-state index contributed by atoms with van der Waals surface area (Å²) in [5, 5.41) is -0.482. The minimum Gasteiger partial charge on any atom is -0.480 e. The van der Waals surface area contributed by atoms with Gasteiger partial charge in [-0.1, -0.05) is 12.1 Å². The zero-order valence-corrected chi connectivity index (χ0v) is 18.3. The summed E-state index contributed by atoms with van der Waals surface area (Å²) < 4.78 is 35.4. The molecule has 9 heteroatoms. The summed E-state index contributed by atoms with van der Waals surface area (Å²) in [5.41, 5.74) is 0.782. The Morgan fingerprint density at radius 1 is 1.20 bits per heavy atom. The third kappa shape index (κ3) is 5.27. The van der Waals surface area contributed by atoms with E-state index in [0.29, 0.717) is 24.8 Å². The Labute approximate surface area is 177 Å². The molecule has 30 heavy (non-hydrogen) atoms. The van der Waals surface area contributed by atoms with Gasteiger partial charge in [-0.2, -0.15) is 4.98 Å². The van der Waals surface area contributed by atoms with Crippen LogP contribution in [0.2, 0.25) is 0 Å². The predicted molar refractivity (Wildman–Crippen MR) is 111 cm³/mol. The molecular weight excluding hydrogens is 406 g/mol. The number of nitrogens with zero attached hydrogens (tertiary/aromatic N) is 3. The van der Waals surface area contributed by atoms with Gasteiger partial charge in [0.2, 0.25) is 17.7 Å². The zero-order chi connectivity index (χ0) is 21.7. The number of aromatic nitrogens is 2. The monoisotopic (exact) mass is 433 g/mol. The number of carbonyl (C=O) groups is 1. The molecule has 0 radical (unpaired) electrons. The lowest BCUT2D eigenvalue weighted by Gasteiger charge is -2.32. The van der Waals surface area contributed by atoms with Crippen LogP contribution in [0, 0.1) is 0 Å². The first kappa shape index (κ1) is 22.0. The highest BCUT2D eigenvalue weighted by Gasteiger charge is 2.26. The molecule has 2 aromatic rings. The van der Waals surface area contributed by atoms with Gasteiger partial charge in [0.05, 0.1) is 42.6 Å². The highest BCUT2D eigenvalue weighted by molar-refractivity contribution is 7.92. The van der Waals surface area contributed by atoms with Crippen LogP contribution in [0.25, 0.3) is 0 Å². The van der Waals surface area contributed by atoms with E-state index in [1.165, 1.54) is 19.5 Å². The highest BCUT2D eigenvalue weighted by Crippen LogP contribution is 2.20. The van der Waals surface area contributed by atoms with Crippen molar-refractivity contribution in [2.75, 3.05) is 20.2 Å². The van der Waals surface area contributed by atoms with E-state index >= 15 is 0 Å². The molecule has 0 N–H and O–H groups in total. The topological polar surface area (TPSA) is 98.7 Å². The van der Waals surface area contributed by atoms with E-state index in [2.05, 4.69) is 9.97 Å². The van der Waals surface area contributed by atoms with E-state index in [9.17, 15) is 13.2 Å². The van der Waals surface area contributed by atoms with Gasteiger partial charge in [0.25, 0.3) is 0 Å². The minimum atomic E-state index is -3.32. The Balaban J connectivity index is 1.60. The van der Waals surface area contributed by atoms with Crippen LogP contribution in [0.1, 0.15) is 32.3 Å². The number of likely N-dealkylation sites (tertiary alicyclic amines) is 1. The van der Waals surface area contributed by atoms with E-state index in [-0.39, 0.29) is 23.3 Å². The van der Waals surface area contributed by atoms with Gasteiger partial charge in [0.15, 0.2) is 9.84 Å². The molecule has 1 aliphatic heterocycles. The molecule has 1 aromatic heterocycles. The molecular formula is C21H27N3O5S. The fourth-order valence-electron chi connectivity index (χ4n) is 3.27. The highest BCUT2D eigenvalue weighted by atomic mass is 32.2. The molecule has 0 saturated carbocycles. The van der Waals surface area contributed by atoms with Gasteiger partial charge in [-0.05, 0) is 44.4 Å². The Morgan fingerprint density at radius 3 is 2.57 bits per heavy atom. The Morgan fingerprint density at radius 2 is 1.90 bits per heavy atom. The smallest absolute Gasteiger partial charge is 0.235 e. The third-order valence-corrected chi connectivity index (χ3v) is 7.22. The van der Waals surface area contributed by atoms with Crippen LogP contribution < -0.4 is 9.47 Å². The van der Waals surface area contributed by atoms with Crippen LogP contribution in [-0.2, 0) is 21.1 Å². The molecule has 1 aromatic carbocycles. The van der Waals surface area contributed by atoms with Gasteiger partial charge in [0, 0.05) is 6.54 Å². The number of hydrogen-bond acceptors (Lipinski definition) is 7. The lowest BCUT2D eigenvalue weighted by molar-refractivity contribution is -0.133. The predicted octanol–water partition coefficient (Wildman–Crippen LogP) is 2.28. The lowest BCUT2D eigenvalue weighted by Crippen LogP contribution is -2.45. The standard InChI is InChI=1S/C21H27N3O5S/c1-15(2)30(26,27)18-8-6-16(7-9-18)11-21(25)24-10-4-5-17(14-24)29-20-13-22-12-19(23-20)28-3/h6-9,12-13,15,17H,4-5,10-11,14H2,1-3H3. The molecule has 0 bridgehead atoms. The molecule has 1 fully saturated rings. The number of rotatable bonds is 7. The molecule has 1 saturated heterocycles. The second-order valence-corrected chi connectivity index (χ2v) is 10.0. The van der Waals surface area contributed by atoms with Gasteiger partial charge in [-0.25, -0.2) is 8.42 Å². The molecule has 1 amide bonds. The van der Waals surface area contributed by atoms with E-state index in [1.807, 2.05) is 0 Å². The van der Waals surface area contributed by atoms with Crippen molar-refractivity contribution in [3.05, 3.63) is 42.2 Å².